The lowest BCUT2D eigenvalue weighted by Gasteiger charge is -2.38. The number of amides is 1. The van der Waals surface area contributed by atoms with Crippen molar-refractivity contribution in [2.75, 3.05) is 45.8 Å². The zero-order valence-electron chi connectivity index (χ0n) is 15.2. The fourth-order valence-corrected chi connectivity index (χ4v) is 7.01. The molecule has 3 rings (SSSR count). The fourth-order valence-electron chi connectivity index (χ4n) is 3.95. The van der Waals surface area contributed by atoms with E-state index in [9.17, 15) is 13.2 Å². The second-order valence-corrected chi connectivity index (χ2v) is 11.4. The van der Waals surface area contributed by atoms with Gasteiger partial charge in [0.05, 0.1) is 10.9 Å². The zero-order valence-corrected chi connectivity index (χ0v) is 17.6. The van der Waals surface area contributed by atoms with E-state index >= 15 is 0 Å². The first-order valence-electron chi connectivity index (χ1n) is 9.01. The van der Waals surface area contributed by atoms with Gasteiger partial charge in [0.15, 0.2) is 0 Å². The third-order valence-corrected chi connectivity index (χ3v) is 8.63. The molecule has 0 aliphatic carbocycles. The molecule has 2 atom stereocenters. The number of likely N-dealkylation sites (tertiary alicyclic amines) is 1. The number of thiophene rings is 1. The summed E-state index contributed by atoms with van der Waals surface area (Å²) in [7, 11) is -3.51. The van der Waals surface area contributed by atoms with Crippen LogP contribution in [0.15, 0.2) is 16.3 Å². The molecule has 0 aromatic carbocycles. The van der Waals surface area contributed by atoms with Crippen LogP contribution in [0.1, 0.15) is 20.3 Å². The maximum absolute atomic E-state index is 12.6. The lowest BCUT2D eigenvalue weighted by atomic mass is 9.92. The van der Waals surface area contributed by atoms with E-state index in [2.05, 4.69) is 18.7 Å². The second kappa shape index (κ2) is 8.14. The first-order valence-corrected chi connectivity index (χ1v) is 11.6. The third-order valence-electron chi connectivity index (χ3n) is 5.04. The van der Waals surface area contributed by atoms with Crippen LogP contribution >= 0.6 is 22.9 Å². The summed E-state index contributed by atoms with van der Waals surface area (Å²) < 4.78 is 27.4. The number of piperidine rings is 1. The highest BCUT2D eigenvalue weighted by Crippen LogP contribution is 2.28. The topological polar surface area (TPSA) is 60.9 Å². The highest BCUT2D eigenvalue weighted by Gasteiger charge is 2.32. The van der Waals surface area contributed by atoms with Gasteiger partial charge in [-0.25, -0.2) is 8.42 Å². The van der Waals surface area contributed by atoms with Gasteiger partial charge in [-0.3, -0.25) is 9.69 Å². The number of piperazine rings is 1. The minimum Gasteiger partial charge on any atom is -0.339 e. The van der Waals surface area contributed by atoms with Crippen LogP contribution in [0.25, 0.3) is 0 Å². The average Bonchev–Trinajstić information content (AvgIpc) is 3.01. The Balaban J connectivity index is 1.54. The molecule has 2 aliphatic heterocycles. The smallest absolute Gasteiger partial charge is 0.252 e. The maximum Gasteiger partial charge on any atom is 0.252 e. The molecule has 0 N–H and O–H groups in total. The maximum atomic E-state index is 12.6. The van der Waals surface area contributed by atoms with Crippen molar-refractivity contribution >= 4 is 38.9 Å². The lowest BCUT2D eigenvalue weighted by molar-refractivity contribution is -0.134. The van der Waals surface area contributed by atoms with Gasteiger partial charge in [-0.2, -0.15) is 4.31 Å². The molecule has 9 heteroatoms. The fraction of sp³-hybridized carbons (Fsp3) is 0.706. The molecule has 0 spiro atoms. The predicted molar refractivity (Wildman–Crippen MR) is 104 cm³/mol. The molecule has 0 saturated carbocycles. The summed E-state index contributed by atoms with van der Waals surface area (Å²) >= 11 is 6.93. The minimum absolute atomic E-state index is 0.0996. The Hall–Kier alpha value is -0.670. The van der Waals surface area contributed by atoms with Crippen LogP contribution in [0, 0.1) is 11.8 Å². The van der Waals surface area contributed by atoms with Gasteiger partial charge in [-0.05, 0) is 30.4 Å². The van der Waals surface area contributed by atoms with Gasteiger partial charge in [0.25, 0.3) is 10.0 Å². The van der Waals surface area contributed by atoms with E-state index in [0.717, 1.165) is 24.4 Å². The Morgan fingerprint density at radius 1 is 1.15 bits per heavy atom. The number of hydrogen-bond donors (Lipinski definition) is 0. The molecule has 146 valence electrons. The molecular weight excluding hydrogens is 394 g/mol. The lowest BCUT2D eigenvalue weighted by Crippen LogP contribution is -2.53. The molecule has 2 saturated heterocycles. The Kier molecular flexibility index (Phi) is 6.29. The normalized spacial score (nSPS) is 26.2. The van der Waals surface area contributed by atoms with Crippen molar-refractivity contribution < 1.29 is 13.2 Å². The van der Waals surface area contributed by atoms with E-state index in [0.29, 0.717) is 48.9 Å². The van der Waals surface area contributed by atoms with Crippen LogP contribution in [0.2, 0.25) is 4.34 Å². The van der Waals surface area contributed by atoms with Crippen LogP contribution < -0.4 is 0 Å². The summed E-state index contributed by atoms with van der Waals surface area (Å²) in [6, 6.07) is 3.14. The molecule has 6 nitrogen and oxygen atoms in total. The summed E-state index contributed by atoms with van der Waals surface area (Å²) in [4.78, 5) is 16.6. The summed E-state index contributed by atoms with van der Waals surface area (Å²) in [5.41, 5.74) is 0. The Labute approximate surface area is 164 Å². The number of nitrogens with zero attached hydrogens (tertiary/aromatic N) is 3. The molecule has 2 aliphatic rings. The van der Waals surface area contributed by atoms with E-state index in [1.165, 1.54) is 10.7 Å². The van der Waals surface area contributed by atoms with Crippen molar-refractivity contribution in [2.45, 2.75) is 24.5 Å². The minimum atomic E-state index is -3.51. The van der Waals surface area contributed by atoms with Gasteiger partial charge in [-0.1, -0.05) is 25.4 Å². The van der Waals surface area contributed by atoms with Crippen LogP contribution in [-0.4, -0.2) is 74.2 Å². The molecular formula is C17H26ClN3O3S2. The monoisotopic (exact) mass is 419 g/mol. The number of carbonyl (C=O) groups excluding carboxylic acids is 1. The first kappa shape index (κ1) is 20.1. The molecule has 1 aromatic heterocycles. The molecule has 0 bridgehead atoms. The molecule has 0 unspecified atom stereocenters. The second-order valence-electron chi connectivity index (χ2n) is 7.48. The van der Waals surface area contributed by atoms with Crippen molar-refractivity contribution in [3.63, 3.8) is 0 Å². The van der Waals surface area contributed by atoms with Crippen LogP contribution in [0.5, 0.6) is 0 Å². The van der Waals surface area contributed by atoms with Gasteiger partial charge in [-0.15, -0.1) is 11.3 Å². The number of halogens is 1. The molecule has 1 amide bonds. The summed E-state index contributed by atoms with van der Waals surface area (Å²) in [5, 5.41) is 0. The van der Waals surface area contributed by atoms with Crippen molar-refractivity contribution in [2.24, 2.45) is 11.8 Å². The predicted octanol–water partition coefficient (Wildman–Crippen LogP) is 2.21. The Morgan fingerprint density at radius 3 is 2.31 bits per heavy atom. The van der Waals surface area contributed by atoms with Gasteiger partial charge >= 0.3 is 0 Å². The standard InChI is InChI=1S/C17H26ClN3O3S2/c1-13-9-14(2)11-19(10-13)12-16(22)20-5-7-21(8-6-20)26(23,24)17-4-3-15(18)25-17/h3-4,13-14H,5-12H2,1-2H3/t13-,14-/m1/s1. The van der Waals surface area contributed by atoms with Crippen LogP contribution in [-0.2, 0) is 14.8 Å². The van der Waals surface area contributed by atoms with Crippen LogP contribution in [0.4, 0.5) is 0 Å². The van der Waals surface area contributed by atoms with E-state index in [1.54, 1.807) is 17.0 Å². The molecule has 1 aromatic rings. The summed E-state index contributed by atoms with van der Waals surface area (Å²) in [5.74, 6) is 1.33. The number of sulfonamides is 1. The molecule has 3 heterocycles. The molecule has 2 fully saturated rings. The SMILES string of the molecule is C[C@@H]1C[C@@H](C)CN(CC(=O)N2CCN(S(=O)(=O)c3ccc(Cl)s3)CC2)C1. The number of hydrogen-bond acceptors (Lipinski definition) is 5. The highest BCUT2D eigenvalue weighted by atomic mass is 35.5. The average molecular weight is 420 g/mol. The van der Waals surface area contributed by atoms with Crippen molar-refractivity contribution in [3.8, 4) is 0 Å². The van der Waals surface area contributed by atoms with E-state index < -0.39 is 10.0 Å². The van der Waals surface area contributed by atoms with Crippen molar-refractivity contribution in [3.05, 3.63) is 16.5 Å². The van der Waals surface area contributed by atoms with E-state index in [1.807, 2.05) is 0 Å². The Morgan fingerprint density at radius 2 is 1.77 bits per heavy atom. The zero-order chi connectivity index (χ0) is 18.9. The Bertz CT molecular complexity index is 734. The number of carbonyl (C=O) groups is 1. The first-order chi connectivity index (χ1) is 12.3. The van der Waals surface area contributed by atoms with Crippen molar-refractivity contribution in [1.82, 2.24) is 14.1 Å². The third kappa shape index (κ3) is 4.59. The van der Waals surface area contributed by atoms with E-state index in [-0.39, 0.29) is 10.1 Å². The quantitative estimate of drug-likeness (QED) is 0.750. The number of rotatable bonds is 4. The van der Waals surface area contributed by atoms with Crippen LogP contribution in [0.3, 0.4) is 0 Å². The molecule has 0 radical (unpaired) electrons. The summed E-state index contributed by atoms with van der Waals surface area (Å²) in [6.45, 7) is 8.36. The van der Waals surface area contributed by atoms with E-state index in [4.69, 9.17) is 11.6 Å². The van der Waals surface area contributed by atoms with Gasteiger partial charge in [0.2, 0.25) is 5.91 Å². The largest absolute Gasteiger partial charge is 0.339 e. The van der Waals surface area contributed by atoms with Crippen molar-refractivity contribution in [1.29, 1.82) is 0 Å². The summed E-state index contributed by atoms with van der Waals surface area (Å²) in [6.07, 6.45) is 1.22. The molecule has 26 heavy (non-hydrogen) atoms. The van der Waals surface area contributed by atoms with Gasteiger partial charge in [0, 0.05) is 39.3 Å². The van der Waals surface area contributed by atoms with Gasteiger partial charge in [0.1, 0.15) is 4.21 Å². The van der Waals surface area contributed by atoms with Gasteiger partial charge < -0.3 is 4.90 Å². The highest BCUT2D eigenvalue weighted by molar-refractivity contribution is 7.91.